The van der Waals surface area contributed by atoms with Gasteiger partial charge in [-0.3, -0.25) is 9.59 Å². The normalized spacial score (nSPS) is 11.6. The van der Waals surface area contributed by atoms with E-state index in [1.54, 1.807) is 25.2 Å². The van der Waals surface area contributed by atoms with Crippen molar-refractivity contribution in [2.24, 2.45) is 5.92 Å². The predicted molar refractivity (Wildman–Crippen MR) is 100 cm³/mol. The summed E-state index contributed by atoms with van der Waals surface area (Å²) in [6, 6.07) is 13.6. The van der Waals surface area contributed by atoms with Gasteiger partial charge in [-0.05, 0) is 47.9 Å². The highest BCUT2D eigenvalue weighted by Crippen LogP contribution is 2.12. The van der Waals surface area contributed by atoms with Crippen molar-refractivity contribution in [3.63, 3.8) is 0 Å². The number of hydrogen-bond donors (Lipinski definition) is 1. The Labute approximate surface area is 158 Å². The lowest BCUT2D eigenvalue weighted by Crippen LogP contribution is -2.50. The fourth-order valence-electron chi connectivity index (χ4n) is 2.67. The van der Waals surface area contributed by atoms with E-state index in [4.69, 9.17) is 5.26 Å². The third-order valence-corrected chi connectivity index (χ3v) is 4.18. The van der Waals surface area contributed by atoms with E-state index in [9.17, 15) is 14.0 Å². The Morgan fingerprint density at radius 1 is 1.19 bits per heavy atom. The van der Waals surface area contributed by atoms with E-state index in [1.165, 1.54) is 29.2 Å². The Kier molecular flexibility index (Phi) is 6.67. The Hall–Kier alpha value is -3.20. The number of halogens is 1. The lowest BCUT2D eigenvalue weighted by Gasteiger charge is -2.27. The van der Waals surface area contributed by atoms with Crippen molar-refractivity contribution in [3.05, 3.63) is 71.0 Å². The standard InChI is InChI=1S/C21H22FN3O2/c1-14(2)19(24-20(26)17-7-9-18(22)10-8-17)21(27)25(3)13-16-6-4-5-15(11-16)12-23/h4-11,14,19H,13H2,1-3H3,(H,24,26). The fraction of sp³-hybridized carbons (Fsp3) is 0.286. The summed E-state index contributed by atoms with van der Waals surface area (Å²) in [7, 11) is 1.65. The third kappa shape index (κ3) is 5.38. The minimum atomic E-state index is -0.716. The van der Waals surface area contributed by atoms with Gasteiger partial charge in [-0.15, -0.1) is 0 Å². The number of nitriles is 1. The Balaban J connectivity index is 2.10. The summed E-state index contributed by atoms with van der Waals surface area (Å²) in [6.07, 6.45) is 0. The number of hydrogen-bond acceptors (Lipinski definition) is 3. The van der Waals surface area contributed by atoms with E-state index in [0.29, 0.717) is 17.7 Å². The average molecular weight is 367 g/mol. The molecule has 1 N–H and O–H groups in total. The molecule has 1 atom stereocenters. The summed E-state index contributed by atoms with van der Waals surface area (Å²) in [5.74, 6) is -1.22. The largest absolute Gasteiger partial charge is 0.340 e. The molecule has 6 heteroatoms. The first-order valence-corrected chi connectivity index (χ1v) is 8.62. The summed E-state index contributed by atoms with van der Waals surface area (Å²) in [6.45, 7) is 4.01. The molecule has 0 radical (unpaired) electrons. The topological polar surface area (TPSA) is 73.2 Å². The molecular formula is C21H22FN3O2. The second kappa shape index (κ2) is 8.95. The second-order valence-corrected chi connectivity index (χ2v) is 6.71. The minimum absolute atomic E-state index is 0.130. The number of amides is 2. The molecular weight excluding hydrogens is 345 g/mol. The maximum absolute atomic E-state index is 13.0. The molecule has 0 aliphatic carbocycles. The molecule has 0 aromatic heterocycles. The van der Waals surface area contributed by atoms with E-state index >= 15 is 0 Å². The molecule has 2 aromatic carbocycles. The molecule has 0 bridgehead atoms. The van der Waals surface area contributed by atoms with Gasteiger partial charge in [0.25, 0.3) is 5.91 Å². The van der Waals surface area contributed by atoms with Crippen LogP contribution in [-0.2, 0) is 11.3 Å². The quantitative estimate of drug-likeness (QED) is 0.853. The van der Waals surface area contributed by atoms with Crippen LogP contribution in [0.5, 0.6) is 0 Å². The first-order valence-electron chi connectivity index (χ1n) is 8.62. The first-order chi connectivity index (χ1) is 12.8. The van der Waals surface area contributed by atoms with Gasteiger partial charge in [0.1, 0.15) is 11.9 Å². The molecule has 0 aliphatic rings. The first kappa shape index (κ1) is 20.1. The molecule has 5 nitrogen and oxygen atoms in total. The fourth-order valence-corrected chi connectivity index (χ4v) is 2.67. The maximum Gasteiger partial charge on any atom is 0.251 e. The summed E-state index contributed by atoms with van der Waals surface area (Å²) >= 11 is 0. The van der Waals surface area contributed by atoms with E-state index in [2.05, 4.69) is 11.4 Å². The van der Waals surface area contributed by atoms with E-state index in [0.717, 1.165) is 5.56 Å². The van der Waals surface area contributed by atoms with Gasteiger partial charge in [0, 0.05) is 19.2 Å². The molecule has 0 fully saturated rings. The molecule has 0 saturated heterocycles. The number of likely N-dealkylation sites (N-methyl/N-ethyl adjacent to an activating group) is 1. The summed E-state index contributed by atoms with van der Waals surface area (Å²) in [5.41, 5.74) is 1.65. The SMILES string of the molecule is CC(C)C(NC(=O)c1ccc(F)cc1)C(=O)N(C)Cc1cccc(C#N)c1. The van der Waals surface area contributed by atoms with Crippen molar-refractivity contribution in [2.45, 2.75) is 26.4 Å². The molecule has 2 amide bonds. The van der Waals surface area contributed by atoms with Crippen molar-refractivity contribution in [3.8, 4) is 6.07 Å². The van der Waals surface area contributed by atoms with Crippen LogP contribution in [-0.4, -0.2) is 29.8 Å². The van der Waals surface area contributed by atoms with Gasteiger partial charge >= 0.3 is 0 Å². The number of rotatable bonds is 6. The van der Waals surface area contributed by atoms with Crippen molar-refractivity contribution in [2.75, 3.05) is 7.05 Å². The van der Waals surface area contributed by atoms with E-state index in [1.807, 2.05) is 19.9 Å². The van der Waals surface area contributed by atoms with E-state index in [-0.39, 0.29) is 11.8 Å². The maximum atomic E-state index is 13.0. The van der Waals surface area contributed by atoms with Gasteiger partial charge in [-0.25, -0.2) is 4.39 Å². The lowest BCUT2D eigenvalue weighted by atomic mass is 10.0. The smallest absolute Gasteiger partial charge is 0.251 e. The van der Waals surface area contributed by atoms with Crippen LogP contribution in [0.15, 0.2) is 48.5 Å². The molecule has 2 rings (SSSR count). The predicted octanol–water partition coefficient (Wildman–Crippen LogP) is 3.11. The van der Waals surface area contributed by atoms with E-state index < -0.39 is 17.8 Å². The average Bonchev–Trinajstić information content (AvgIpc) is 2.65. The highest BCUT2D eigenvalue weighted by atomic mass is 19.1. The Bertz CT molecular complexity index is 856. The zero-order chi connectivity index (χ0) is 20.0. The number of nitrogens with zero attached hydrogens (tertiary/aromatic N) is 2. The Morgan fingerprint density at radius 2 is 1.85 bits per heavy atom. The second-order valence-electron chi connectivity index (χ2n) is 6.71. The van der Waals surface area contributed by atoms with Crippen LogP contribution >= 0.6 is 0 Å². The number of carbonyl (C=O) groups excluding carboxylic acids is 2. The van der Waals surface area contributed by atoms with Crippen LogP contribution in [0.1, 0.15) is 35.3 Å². The molecule has 0 spiro atoms. The zero-order valence-corrected chi connectivity index (χ0v) is 15.6. The third-order valence-electron chi connectivity index (χ3n) is 4.18. The Morgan fingerprint density at radius 3 is 2.44 bits per heavy atom. The van der Waals surface area contributed by atoms with Crippen LogP contribution in [0.2, 0.25) is 0 Å². The monoisotopic (exact) mass is 367 g/mol. The molecule has 0 aliphatic heterocycles. The zero-order valence-electron chi connectivity index (χ0n) is 15.6. The van der Waals surface area contributed by atoms with Gasteiger partial charge < -0.3 is 10.2 Å². The van der Waals surface area contributed by atoms with Crippen molar-refractivity contribution >= 4 is 11.8 Å². The van der Waals surface area contributed by atoms with Crippen LogP contribution in [0.3, 0.4) is 0 Å². The van der Waals surface area contributed by atoms with Gasteiger partial charge in [-0.1, -0.05) is 26.0 Å². The van der Waals surface area contributed by atoms with Crippen molar-refractivity contribution in [1.82, 2.24) is 10.2 Å². The van der Waals surface area contributed by atoms with Crippen molar-refractivity contribution in [1.29, 1.82) is 5.26 Å². The molecule has 140 valence electrons. The molecule has 2 aromatic rings. The molecule has 27 heavy (non-hydrogen) atoms. The van der Waals surface area contributed by atoms with Crippen LogP contribution < -0.4 is 5.32 Å². The number of carbonyl (C=O) groups is 2. The van der Waals surface area contributed by atoms with Crippen LogP contribution in [0.25, 0.3) is 0 Å². The van der Waals surface area contributed by atoms with Crippen LogP contribution in [0, 0.1) is 23.1 Å². The summed E-state index contributed by atoms with van der Waals surface area (Å²) in [4.78, 5) is 26.8. The van der Waals surface area contributed by atoms with Gasteiger partial charge in [0.05, 0.1) is 11.6 Å². The number of nitrogens with one attached hydrogen (secondary N) is 1. The highest BCUT2D eigenvalue weighted by Gasteiger charge is 2.27. The van der Waals surface area contributed by atoms with Crippen LogP contribution in [0.4, 0.5) is 4.39 Å². The van der Waals surface area contributed by atoms with Gasteiger partial charge in [-0.2, -0.15) is 5.26 Å². The highest BCUT2D eigenvalue weighted by molar-refractivity contribution is 5.97. The minimum Gasteiger partial charge on any atom is -0.340 e. The summed E-state index contributed by atoms with van der Waals surface area (Å²) < 4.78 is 13.0. The summed E-state index contributed by atoms with van der Waals surface area (Å²) in [5, 5.41) is 11.7. The molecule has 0 heterocycles. The van der Waals surface area contributed by atoms with Gasteiger partial charge in [0.15, 0.2) is 0 Å². The van der Waals surface area contributed by atoms with Gasteiger partial charge in [0.2, 0.25) is 5.91 Å². The number of benzene rings is 2. The molecule has 1 unspecified atom stereocenters. The lowest BCUT2D eigenvalue weighted by molar-refractivity contribution is -0.133. The van der Waals surface area contributed by atoms with Crippen molar-refractivity contribution < 1.29 is 14.0 Å². The molecule has 0 saturated carbocycles.